The zero-order valence-corrected chi connectivity index (χ0v) is 14.1. The highest BCUT2D eigenvalue weighted by atomic mass is 16.5. The highest BCUT2D eigenvalue weighted by Gasteiger charge is 2.49. The van der Waals surface area contributed by atoms with Crippen molar-refractivity contribution in [2.75, 3.05) is 27.8 Å². The van der Waals surface area contributed by atoms with Crippen LogP contribution in [0.25, 0.3) is 0 Å². The van der Waals surface area contributed by atoms with E-state index in [2.05, 4.69) is 11.9 Å². The summed E-state index contributed by atoms with van der Waals surface area (Å²) in [5.41, 5.74) is 2.71. The lowest BCUT2D eigenvalue weighted by atomic mass is 9.77. The molecule has 3 aliphatic rings. The molecule has 1 spiro atoms. The van der Waals surface area contributed by atoms with Gasteiger partial charge in [0.05, 0.1) is 14.2 Å². The number of methoxy groups -OCH3 is 2. The van der Waals surface area contributed by atoms with Crippen molar-refractivity contribution in [2.45, 2.75) is 24.3 Å². The van der Waals surface area contributed by atoms with E-state index in [-0.39, 0.29) is 17.6 Å². The average molecular weight is 327 g/mol. The number of phenolic OH excluding ortho intramolecular Hbond substituents is 1. The monoisotopic (exact) mass is 327 g/mol. The van der Waals surface area contributed by atoms with Gasteiger partial charge in [-0.1, -0.05) is 6.08 Å². The molecular formula is C19H21NO4. The standard InChI is InChI=1S/C19H21NO4/c1-20-7-5-11-8-14(23-2)18(22)17-16(11)12(20)9-19(17)6-4-13(21)15(10-19)24-3/h4,6,8,10,12,22H,5,7,9H2,1-3H3. The van der Waals surface area contributed by atoms with E-state index in [0.29, 0.717) is 11.5 Å². The minimum atomic E-state index is -0.536. The van der Waals surface area contributed by atoms with Crippen LogP contribution in [-0.4, -0.2) is 43.6 Å². The number of benzene rings is 1. The van der Waals surface area contributed by atoms with Crippen molar-refractivity contribution in [3.63, 3.8) is 0 Å². The van der Waals surface area contributed by atoms with E-state index in [1.165, 1.54) is 18.2 Å². The minimum Gasteiger partial charge on any atom is -0.504 e. The summed E-state index contributed by atoms with van der Waals surface area (Å²) in [6, 6.07) is 2.17. The molecule has 0 fully saturated rings. The molecule has 2 aliphatic carbocycles. The van der Waals surface area contributed by atoms with Crippen LogP contribution >= 0.6 is 0 Å². The Morgan fingerprint density at radius 3 is 2.83 bits per heavy atom. The van der Waals surface area contributed by atoms with Crippen LogP contribution in [-0.2, 0) is 21.4 Å². The highest BCUT2D eigenvalue weighted by Crippen LogP contribution is 2.58. The Morgan fingerprint density at radius 2 is 2.12 bits per heavy atom. The number of carbonyl (C=O) groups is 1. The quantitative estimate of drug-likeness (QED) is 0.903. The van der Waals surface area contributed by atoms with E-state index in [1.54, 1.807) is 13.2 Å². The first kappa shape index (κ1) is 15.3. The molecule has 1 aromatic carbocycles. The van der Waals surface area contributed by atoms with Gasteiger partial charge in [-0.3, -0.25) is 9.69 Å². The van der Waals surface area contributed by atoms with E-state index < -0.39 is 5.41 Å². The number of phenols is 1. The second kappa shape index (κ2) is 5.11. The van der Waals surface area contributed by atoms with E-state index in [1.807, 2.05) is 18.2 Å². The van der Waals surface area contributed by atoms with E-state index >= 15 is 0 Å². The molecule has 0 aromatic heterocycles. The van der Waals surface area contributed by atoms with Crippen molar-refractivity contribution >= 4 is 5.78 Å². The molecule has 2 atom stereocenters. The number of likely N-dealkylation sites (N-methyl/N-ethyl adjacent to an activating group) is 1. The SMILES string of the molecule is COC1=CC2(C=CC1=O)CC1c3c(cc(OC)c(O)c32)CCN1C. The van der Waals surface area contributed by atoms with Gasteiger partial charge in [-0.05, 0) is 49.2 Å². The van der Waals surface area contributed by atoms with Gasteiger partial charge in [0.1, 0.15) is 0 Å². The number of aromatic hydroxyl groups is 1. The predicted molar refractivity (Wildman–Crippen MR) is 89.3 cm³/mol. The molecule has 1 N–H and O–H groups in total. The zero-order chi connectivity index (χ0) is 17.1. The lowest BCUT2D eigenvalue weighted by Gasteiger charge is -2.32. The molecule has 0 saturated carbocycles. The molecule has 1 heterocycles. The fourth-order valence-corrected chi connectivity index (χ4v) is 4.38. The Bertz CT molecular complexity index is 795. The molecule has 24 heavy (non-hydrogen) atoms. The average Bonchev–Trinajstić information content (AvgIpc) is 2.92. The third-order valence-corrected chi connectivity index (χ3v) is 5.59. The summed E-state index contributed by atoms with van der Waals surface area (Å²) in [5.74, 6) is 0.847. The fraction of sp³-hybridized carbons (Fsp3) is 0.421. The lowest BCUT2D eigenvalue weighted by molar-refractivity contribution is -0.114. The summed E-state index contributed by atoms with van der Waals surface area (Å²) in [4.78, 5) is 14.3. The van der Waals surface area contributed by atoms with Gasteiger partial charge < -0.3 is 14.6 Å². The summed E-state index contributed by atoms with van der Waals surface area (Å²) in [7, 11) is 5.18. The van der Waals surface area contributed by atoms with Crippen molar-refractivity contribution in [3.8, 4) is 11.5 Å². The Morgan fingerprint density at radius 1 is 1.33 bits per heavy atom. The number of hydrogen-bond acceptors (Lipinski definition) is 5. The first-order valence-corrected chi connectivity index (χ1v) is 8.14. The number of allylic oxidation sites excluding steroid dienone is 3. The maximum Gasteiger partial charge on any atom is 0.219 e. The smallest absolute Gasteiger partial charge is 0.219 e. The second-order valence-corrected chi connectivity index (χ2v) is 6.78. The molecule has 0 radical (unpaired) electrons. The number of ketones is 1. The topological polar surface area (TPSA) is 59.0 Å². The van der Waals surface area contributed by atoms with Crippen molar-refractivity contribution in [1.29, 1.82) is 0 Å². The first-order valence-electron chi connectivity index (χ1n) is 8.14. The van der Waals surface area contributed by atoms with Gasteiger partial charge in [0.25, 0.3) is 0 Å². The molecule has 126 valence electrons. The van der Waals surface area contributed by atoms with Crippen LogP contribution in [0.2, 0.25) is 0 Å². The maximum atomic E-state index is 12.0. The molecule has 4 rings (SSSR count). The van der Waals surface area contributed by atoms with E-state index in [4.69, 9.17) is 9.47 Å². The predicted octanol–water partition coefficient (Wildman–Crippen LogP) is 2.24. The maximum absolute atomic E-state index is 12.0. The first-order chi connectivity index (χ1) is 11.5. The largest absolute Gasteiger partial charge is 0.504 e. The molecule has 0 bridgehead atoms. The van der Waals surface area contributed by atoms with Gasteiger partial charge in [0, 0.05) is 23.6 Å². The molecule has 1 aromatic rings. The molecule has 0 amide bonds. The van der Waals surface area contributed by atoms with Crippen molar-refractivity contribution in [1.82, 2.24) is 4.90 Å². The van der Waals surface area contributed by atoms with Crippen LogP contribution in [0.4, 0.5) is 0 Å². The Hall–Kier alpha value is -2.27. The molecule has 5 nitrogen and oxygen atoms in total. The highest BCUT2D eigenvalue weighted by molar-refractivity contribution is 6.04. The third-order valence-electron chi connectivity index (χ3n) is 5.59. The Balaban J connectivity index is 2.00. The number of fused-ring (bicyclic) bond motifs is 1. The van der Waals surface area contributed by atoms with Crippen molar-refractivity contribution in [3.05, 3.63) is 46.7 Å². The summed E-state index contributed by atoms with van der Waals surface area (Å²) < 4.78 is 10.7. The van der Waals surface area contributed by atoms with Crippen molar-refractivity contribution < 1.29 is 19.4 Å². The fourth-order valence-electron chi connectivity index (χ4n) is 4.38. The van der Waals surface area contributed by atoms with Gasteiger partial charge in [-0.25, -0.2) is 0 Å². The second-order valence-electron chi connectivity index (χ2n) is 6.78. The van der Waals surface area contributed by atoms with Crippen LogP contribution in [0.1, 0.15) is 29.2 Å². The number of carbonyl (C=O) groups excluding carboxylic acids is 1. The third kappa shape index (κ3) is 1.88. The molecule has 2 unspecified atom stereocenters. The van der Waals surface area contributed by atoms with Crippen LogP contribution in [0.5, 0.6) is 11.5 Å². The molecular weight excluding hydrogens is 306 g/mol. The number of hydrogen-bond donors (Lipinski definition) is 1. The molecule has 0 saturated heterocycles. The van der Waals surface area contributed by atoms with Gasteiger partial charge in [0.2, 0.25) is 5.78 Å². The molecule has 5 heteroatoms. The number of ether oxygens (including phenoxy) is 2. The van der Waals surface area contributed by atoms with Gasteiger partial charge in [-0.2, -0.15) is 0 Å². The van der Waals surface area contributed by atoms with Gasteiger partial charge in [-0.15, -0.1) is 0 Å². The normalized spacial score (nSPS) is 28.0. The number of nitrogens with zero attached hydrogens (tertiary/aromatic N) is 1. The van der Waals surface area contributed by atoms with E-state index in [0.717, 1.165) is 24.9 Å². The summed E-state index contributed by atoms with van der Waals surface area (Å²) in [6.07, 6.45) is 7.02. The molecule has 1 aliphatic heterocycles. The van der Waals surface area contributed by atoms with Crippen LogP contribution in [0, 0.1) is 0 Å². The van der Waals surface area contributed by atoms with Gasteiger partial charge >= 0.3 is 0 Å². The van der Waals surface area contributed by atoms with Crippen LogP contribution < -0.4 is 4.74 Å². The van der Waals surface area contributed by atoms with Crippen LogP contribution in [0.15, 0.2) is 30.1 Å². The summed E-state index contributed by atoms with van der Waals surface area (Å²) in [6.45, 7) is 0.963. The van der Waals surface area contributed by atoms with Gasteiger partial charge in [0.15, 0.2) is 17.3 Å². The van der Waals surface area contributed by atoms with E-state index in [9.17, 15) is 9.90 Å². The zero-order valence-electron chi connectivity index (χ0n) is 14.1. The van der Waals surface area contributed by atoms with Crippen LogP contribution in [0.3, 0.4) is 0 Å². The Labute approximate surface area is 141 Å². The number of rotatable bonds is 2. The lowest BCUT2D eigenvalue weighted by Crippen LogP contribution is -2.31. The van der Waals surface area contributed by atoms with Crippen molar-refractivity contribution in [2.24, 2.45) is 0 Å². The summed E-state index contributed by atoms with van der Waals surface area (Å²) >= 11 is 0. The summed E-state index contributed by atoms with van der Waals surface area (Å²) in [5, 5.41) is 10.9. The Kier molecular flexibility index (Phi) is 3.25. The minimum absolute atomic E-state index is 0.140.